The van der Waals surface area contributed by atoms with Crippen LogP contribution in [0, 0.1) is 0 Å². The minimum absolute atomic E-state index is 0.592. The van der Waals surface area contributed by atoms with Crippen LogP contribution >= 0.6 is 27.7 Å². The minimum atomic E-state index is 0.592. The first-order valence-electron chi connectivity index (χ1n) is 10.4. The Hall–Kier alpha value is -2.45. The maximum atomic E-state index is 4.54. The SMILES string of the molecule is Cn1c(CSc2nnc(-c3ccc(Br)cc3)n2CCc2ccccc2)nnc1C1CC1. The highest BCUT2D eigenvalue weighted by Gasteiger charge is 2.29. The maximum absolute atomic E-state index is 4.54. The molecule has 31 heavy (non-hydrogen) atoms. The summed E-state index contributed by atoms with van der Waals surface area (Å²) in [6, 6.07) is 18.8. The van der Waals surface area contributed by atoms with E-state index in [1.165, 1.54) is 18.4 Å². The molecule has 0 unspecified atom stereocenters. The summed E-state index contributed by atoms with van der Waals surface area (Å²) >= 11 is 5.19. The predicted molar refractivity (Wildman–Crippen MR) is 126 cm³/mol. The largest absolute Gasteiger partial charge is 0.317 e. The highest BCUT2D eigenvalue weighted by atomic mass is 79.9. The van der Waals surface area contributed by atoms with E-state index in [1.54, 1.807) is 11.8 Å². The molecule has 1 aliphatic rings. The van der Waals surface area contributed by atoms with Gasteiger partial charge in [-0.1, -0.05) is 70.2 Å². The fourth-order valence-corrected chi connectivity index (χ4v) is 4.83. The highest BCUT2D eigenvalue weighted by Crippen LogP contribution is 2.39. The van der Waals surface area contributed by atoms with Gasteiger partial charge in [0.1, 0.15) is 11.6 Å². The molecule has 1 fully saturated rings. The second kappa shape index (κ2) is 8.96. The van der Waals surface area contributed by atoms with Crippen molar-refractivity contribution in [2.24, 2.45) is 7.05 Å². The van der Waals surface area contributed by atoms with E-state index in [2.05, 4.69) is 88.9 Å². The summed E-state index contributed by atoms with van der Waals surface area (Å²) in [4.78, 5) is 0. The second-order valence-electron chi connectivity index (χ2n) is 7.80. The standard InChI is InChI=1S/C23H23BrN6S/c1-29-20(25-26-21(29)17-7-8-17)15-31-23-28-27-22(18-9-11-19(24)12-10-18)30(23)14-13-16-5-3-2-4-6-16/h2-6,9-12,17H,7-8,13-15H2,1H3. The molecule has 0 bridgehead atoms. The van der Waals surface area contributed by atoms with Crippen LogP contribution in [0.1, 0.15) is 36.0 Å². The van der Waals surface area contributed by atoms with Gasteiger partial charge >= 0.3 is 0 Å². The number of thioether (sulfide) groups is 1. The zero-order valence-corrected chi connectivity index (χ0v) is 19.7. The molecule has 4 aromatic rings. The van der Waals surface area contributed by atoms with Crippen molar-refractivity contribution in [2.75, 3.05) is 0 Å². The van der Waals surface area contributed by atoms with Crippen molar-refractivity contribution < 1.29 is 0 Å². The quantitative estimate of drug-likeness (QED) is 0.313. The van der Waals surface area contributed by atoms with Gasteiger partial charge in [-0.25, -0.2) is 0 Å². The molecule has 0 aliphatic heterocycles. The van der Waals surface area contributed by atoms with E-state index >= 15 is 0 Å². The Kier molecular flexibility index (Phi) is 5.91. The lowest BCUT2D eigenvalue weighted by Gasteiger charge is -2.11. The molecule has 0 spiro atoms. The van der Waals surface area contributed by atoms with Crippen molar-refractivity contribution in [1.29, 1.82) is 0 Å². The molecule has 0 atom stereocenters. The molecule has 2 aromatic carbocycles. The smallest absolute Gasteiger partial charge is 0.191 e. The third-order valence-corrected chi connectivity index (χ3v) is 7.05. The molecule has 0 amide bonds. The van der Waals surface area contributed by atoms with Gasteiger partial charge in [0.2, 0.25) is 0 Å². The zero-order valence-electron chi connectivity index (χ0n) is 17.3. The normalized spacial score (nSPS) is 13.6. The lowest BCUT2D eigenvalue weighted by Crippen LogP contribution is -2.06. The molecule has 1 aliphatic carbocycles. The topological polar surface area (TPSA) is 61.4 Å². The lowest BCUT2D eigenvalue weighted by atomic mass is 10.1. The van der Waals surface area contributed by atoms with Gasteiger partial charge in [-0.3, -0.25) is 0 Å². The number of nitrogens with zero attached hydrogens (tertiary/aromatic N) is 6. The molecule has 1 saturated carbocycles. The van der Waals surface area contributed by atoms with Crippen molar-refractivity contribution >= 4 is 27.7 Å². The van der Waals surface area contributed by atoms with Gasteiger partial charge in [-0.15, -0.1) is 20.4 Å². The average molecular weight is 495 g/mol. The van der Waals surface area contributed by atoms with Crippen LogP contribution in [0.25, 0.3) is 11.4 Å². The van der Waals surface area contributed by atoms with Gasteiger partial charge < -0.3 is 9.13 Å². The van der Waals surface area contributed by atoms with E-state index in [0.29, 0.717) is 5.92 Å². The highest BCUT2D eigenvalue weighted by molar-refractivity contribution is 9.10. The molecule has 0 radical (unpaired) electrons. The van der Waals surface area contributed by atoms with Gasteiger partial charge in [0, 0.05) is 29.5 Å². The van der Waals surface area contributed by atoms with Gasteiger partial charge in [0.15, 0.2) is 11.0 Å². The summed E-state index contributed by atoms with van der Waals surface area (Å²) in [5, 5.41) is 18.8. The molecular formula is C23H23BrN6S. The van der Waals surface area contributed by atoms with Gasteiger partial charge in [0.25, 0.3) is 0 Å². The van der Waals surface area contributed by atoms with Crippen molar-refractivity contribution in [2.45, 2.75) is 42.6 Å². The van der Waals surface area contributed by atoms with E-state index in [0.717, 1.165) is 51.4 Å². The summed E-state index contributed by atoms with van der Waals surface area (Å²) in [5.41, 5.74) is 2.36. The first kappa shape index (κ1) is 20.5. The van der Waals surface area contributed by atoms with Crippen LogP contribution in [0.15, 0.2) is 64.2 Å². The Balaban J connectivity index is 1.39. The Morgan fingerprint density at radius 2 is 1.74 bits per heavy atom. The van der Waals surface area contributed by atoms with Crippen LogP contribution in [0.5, 0.6) is 0 Å². The Morgan fingerprint density at radius 1 is 0.968 bits per heavy atom. The maximum Gasteiger partial charge on any atom is 0.191 e. The first-order chi connectivity index (χ1) is 15.2. The molecular weight excluding hydrogens is 472 g/mol. The molecule has 2 aromatic heterocycles. The number of benzene rings is 2. The summed E-state index contributed by atoms with van der Waals surface area (Å²) < 4.78 is 5.42. The molecule has 0 N–H and O–H groups in total. The summed E-state index contributed by atoms with van der Waals surface area (Å²) in [6.07, 6.45) is 3.37. The Morgan fingerprint density at radius 3 is 2.48 bits per heavy atom. The molecule has 158 valence electrons. The van der Waals surface area contributed by atoms with Gasteiger partial charge in [-0.2, -0.15) is 0 Å². The number of hydrogen-bond acceptors (Lipinski definition) is 5. The van der Waals surface area contributed by atoms with Crippen molar-refractivity contribution in [3.05, 3.63) is 76.3 Å². The average Bonchev–Trinajstić information content (AvgIpc) is 3.45. The van der Waals surface area contributed by atoms with Gasteiger partial charge in [-0.05, 0) is 37.0 Å². The minimum Gasteiger partial charge on any atom is -0.317 e. The number of rotatable bonds is 8. The molecule has 8 heteroatoms. The summed E-state index contributed by atoms with van der Waals surface area (Å²) in [7, 11) is 2.07. The number of aromatic nitrogens is 6. The van der Waals surface area contributed by atoms with E-state index in [4.69, 9.17) is 0 Å². The molecule has 0 saturated heterocycles. The van der Waals surface area contributed by atoms with E-state index < -0.39 is 0 Å². The summed E-state index contributed by atoms with van der Waals surface area (Å²) in [5.74, 6) is 4.30. The van der Waals surface area contributed by atoms with Crippen molar-refractivity contribution in [3.63, 3.8) is 0 Å². The van der Waals surface area contributed by atoms with Crippen LogP contribution in [0.3, 0.4) is 0 Å². The summed E-state index contributed by atoms with van der Waals surface area (Å²) in [6.45, 7) is 0.816. The van der Waals surface area contributed by atoms with Gasteiger partial charge in [0.05, 0.1) is 5.75 Å². The van der Waals surface area contributed by atoms with Crippen LogP contribution < -0.4 is 0 Å². The molecule has 2 heterocycles. The fourth-order valence-electron chi connectivity index (χ4n) is 3.62. The molecule has 5 rings (SSSR count). The molecule has 6 nitrogen and oxygen atoms in total. The lowest BCUT2D eigenvalue weighted by molar-refractivity contribution is 0.639. The van der Waals surface area contributed by atoms with Crippen LogP contribution in [0.4, 0.5) is 0 Å². The number of hydrogen-bond donors (Lipinski definition) is 0. The third kappa shape index (κ3) is 4.60. The third-order valence-electron chi connectivity index (χ3n) is 5.56. The Bertz CT molecular complexity index is 1160. The van der Waals surface area contributed by atoms with E-state index in [1.807, 2.05) is 18.2 Å². The van der Waals surface area contributed by atoms with Crippen molar-refractivity contribution in [1.82, 2.24) is 29.5 Å². The monoisotopic (exact) mass is 494 g/mol. The van der Waals surface area contributed by atoms with Crippen LogP contribution in [-0.2, 0) is 25.8 Å². The number of aryl methyl sites for hydroxylation is 1. The van der Waals surface area contributed by atoms with Crippen molar-refractivity contribution in [3.8, 4) is 11.4 Å². The first-order valence-corrected chi connectivity index (χ1v) is 12.2. The Labute approximate surface area is 194 Å². The fraction of sp³-hybridized carbons (Fsp3) is 0.304. The van der Waals surface area contributed by atoms with E-state index in [-0.39, 0.29) is 0 Å². The number of halogens is 1. The predicted octanol–water partition coefficient (Wildman–Crippen LogP) is 5.25. The zero-order chi connectivity index (χ0) is 21.2. The second-order valence-corrected chi connectivity index (χ2v) is 9.65. The van der Waals surface area contributed by atoms with Crippen LogP contribution in [-0.4, -0.2) is 29.5 Å². The van der Waals surface area contributed by atoms with Crippen LogP contribution in [0.2, 0.25) is 0 Å². The van der Waals surface area contributed by atoms with E-state index in [9.17, 15) is 0 Å².